The minimum Gasteiger partial charge on any atom is -0.488 e. The van der Waals surface area contributed by atoms with Crippen molar-refractivity contribution in [2.75, 3.05) is 5.32 Å². The van der Waals surface area contributed by atoms with Gasteiger partial charge in [0.25, 0.3) is 5.91 Å². The van der Waals surface area contributed by atoms with Gasteiger partial charge in [-0.25, -0.2) is 0 Å². The van der Waals surface area contributed by atoms with Gasteiger partial charge in [0.05, 0.1) is 0 Å². The number of anilines is 1. The molecule has 0 saturated heterocycles. The van der Waals surface area contributed by atoms with Crippen molar-refractivity contribution in [1.82, 2.24) is 0 Å². The number of amides is 1. The lowest BCUT2D eigenvalue weighted by Gasteiger charge is -2.13. The van der Waals surface area contributed by atoms with Crippen LogP contribution < -0.4 is 10.1 Å². The van der Waals surface area contributed by atoms with Gasteiger partial charge in [-0.3, -0.25) is 4.79 Å². The highest BCUT2D eigenvalue weighted by Crippen LogP contribution is 2.31. The van der Waals surface area contributed by atoms with Gasteiger partial charge < -0.3 is 10.1 Å². The molecule has 4 aromatic carbocycles. The fourth-order valence-corrected chi connectivity index (χ4v) is 3.93. The molecule has 33 heavy (non-hydrogen) atoms. The van der Waals surface area contributed by atoms with Crippen LogP contribution in [0.5, 0.6) is 5.75 Å². The second-order valence-electron chi connectivity index (χ2n) is 7.57. The normalized spacial score (nSPS) is 11.1. The van der Waals surface area contributed by atoms with Crippen LogP contribution in [0.2, 0.25) is 0 Å². The number of nitrogens with one attached hydrogen (secondary N) is 1. The molecule has 0 unspecified atom stereocenters. The summed E-state index contributed by atoms with van der Waals surface area (Å²) < 4.78 is 7.11. The second-order valence-corrected chi connectivity index (χ2v) is 8.43. The number of carbonyl (C=O) groups is 1. The number of hydrogen-bond donors (Lipinski definition) is 1. The summed E-state index contributed by atoms with van der Waals surface area (Å²) in [6, 6.07) is 29.0. The smallest absolute Gasteiger partial charge is 0.266 e. The van der Waals surface area contributed by atoms with Crippen molar-refractivity contribution < 1.29 is 9.53 Å². The maximum atomic E-state index is 12.9. The molecule has 0 aromatic heterocycles. The number of aryl methyl sites for hydroxylation is 1. The first-order valence-corrected chi connectivity index (χ1v) is 11.2. The van der Waals surface area contributed by atoms with E-state index < -0.39 is 5.91 Å². The molecule has 1 amide bonds. The van der Waals surface area contributed by atoms with Crippen molar-refractivity contribution in [3.05, 3.63) is 112 Å². The van der Waals surface area contributed by atoms with Crippen LogP contribution in [-0.4, -0.2) is 5.91 Å². The Bertz CT molecular complexity index is 1400. The zero-order valence-corrected chi connectivity index (χ0v) is 19.6. The Kier molecular flexibility index (Phi) is 6.87. The molecule has 0 spiro atoms. The Morgan fingerprint density at radius 3 is 2.61 bits per heavy atom. The molecule has 162 valence electrons. The third-order valence-electron chi connectivity index (χ3n) is 5.20. The molecule has 0 aliphatic carbocycles. The van der Waals surface area contributed by atoms with Crippen molar-refractivity contribution in [2.45, 2.75) is 13.5 Å². The molecule has 1 N–H and O–H groups in total. The molecule has 5 heteroatoms. The van der Waals surface area contributed by atoms with Crippen molar-refractivity contribution in [3.63, 3.8) is 0 Å². The van der Waals surface area contributed by atoms with Gasteiger partial charge in [0.2, 0.25) is 0 Å². The summed E-state index contributed by atoms with van der Waals surface area (Å²) in [6.07, 6.45) is 1.60. The van der Waals surface area contributed by atoms with Gasteiger partial charge in [0.15, 0.2) is 0 Å². The average molecular weight is 497 g/mol. The lowest BCUT2D eigenvalue weighted by atomic mass is 10.0. The number of hydrogen-bond acceptors (Lipinski definition) is 3. The lowest BCUT2D eigenvalue weighted by Crippen LogP contribution is -2.13. The minimum absolute atomic E-state index is 0.00130. The highest BCUT2D eigenvalue weighted by molar-refractivity contribution is 9.10. The molecule has 0 fully saturated rings. The summed E-state index contributed by atoms with van der Waals surface area (Å²) in [4.78, 5) is 12.9. The molecule has 4 nitrogen and oxygen atoms in total. The summed E-state index contributed by atoms with van der Waals surface area (Å²) >= 11 is 3.55. The van der Waals surface area contributed by atoms with Crippen LogP contribution >= 0.6 is 15.9 Å². The predicted octanol–water partition coefficient (Wildman–Crippen LogP) is 7.04. The number of halogens is 1. The number of carbonyl (C=O) groups excluding carboxylic acids is 1. The van der Waals surface area contributed by atoms with Gasteiger partial charge in [-0.05, 0) is 53.6 Å². The molecule has 0 bridgehead atoms. The topological polar surface area (TPSA) is 62.1 Å². The molecular formula is C28H21BrN2O2. The third-order valence-corrected chi connectivity index (χ3v) is 5.98. The lowest BCUT2D eigenvalue weighted by molar-refractivity contribution is -0.112. The van der Waals surface area contributed by atoms with Crippen LogP contribution in [0, 0.1) is 18.3 Å². The number of nitriles is 1. The standard InChI is InChI=1S/C28H21BrN2O2/c1-19-7-6-10-23(15-19)31-28(32)22(17-30)16-25-24-11-4-2-8-20(24)13-14-27(25)33-18-21-9-3-5-12-26(21)29/h2-16H,18H2,1H3,(H,31,32)/b22-16+. The molecule has 0 atom stereocenters. The van der Waals surface area contributed by atoms with E-state index in [2.05, 4.69) is 21.2 Å². The van der Waals surface area contributed by atoms with Gasteiger partial charge in [-0.2, -0.15) is 5.26 Å². The van der Waals surface area contributed by atoms with Gasteiger partial charge in [0, 0.05) is 21.3 Å². The van der Waals surface area contributed by atoms with E-state index in [1.165, 1.54) is 0 Å². The van der Waals surface area contributed by atoms with Crippen LogP contribution in [0.4, 0.5) is 5.69 Å². The molecule has 0 aliphatic heterocycles. The van der Waals surface area contributed by atoms with Crippen LogP contribution in [0.1, 0.15) is 16.7 Å². The first kappa shape index (κ1) is 22.3. The monoisotopic (exact) mass is 496 g/mol. The zero-order valence-electron chi connectivity index (χ0n) is 18.0. The summed E-state index contributed by atoms with van der Waals surface area (Å²) in [5.74, 6) is 0.133. The van der Waals surface area contributed by atoms with E-state index >= 15 is 0 Å². The van der Waals surface area contributed by atoms with Crippen LogP contribution in [0.15, 0.2) is 95.0 Å². The fourth-order valence-electron chi connectivity index (χ4n) is 3.54. The van der Waals surface area contributed by atoms with E-state index in [0.29, 0.717) is 23.6 Å². The Balaban J connectivity index is 1.71. The van der Waals surface area contributed by atoms with Gasteiger partial charge in [0.1, 0.15) is 24.0 Å². The Morgan fingerprint density at radius 1 is 1.03 bits per heavy atom. The maximum absolute atomic E-state index is 12.9. The van der Waals surface area contributed by atoms with E-state index in [1.54, 1.807) is 12.1 Å². The van der Waals surface area contributed by atoms with E-state index in [0.717, 1.165) is 26.4 Å². The average Bonchev–Trinajstić information content (AvgIpc) is 2.82. The Hall–Kier alpha value is -3.88. The SMILES string of the molecule is Cc1cccc(NC(=O)/C(C#N)=C/c2c(OCc3ccccc3Br)ccc3ccccc23)c1. The van der Waals surface area contributed by atoms with Crippen molar-refractivity contribution in [3.8, 4) is 11.8 Å². The third kappa shape index (κ3) is 5.31. The number of fused-ring (bicyclic) bond motifs is 1. The van der Waals surface area contributed by atoms with Gasteiger partial charge >= 0.3 is 0 Å². The first-order chi connectivity index (χ1) is 16.0. The van der Waals surface area contributed by atoms with Gasteiger partial charge in [-0.15, -0.1) is 0 Å². The summed E-state index contributed by atoms with van der Waals surface area (Å²) in [6.45, 7) is 2.29. The maximum Gasteiger partial charge on any atom is 0.266 e. The Morgan fingerprint density at radius 2 is 1.82 bits per heavy atom. The van der Waals surface area contributed by atoms with Crippen molar-refractivity contribution in [1.29, 1.82) is 5.26 Å². The van der Waals surface area contributed by atoms with E-state index in [1.807, 2.05) is 91.9 Å². The zero-order chi connectivity index (χ0) is 23.2. The van der Waals surface area contributed by atoms with Gasteiger partial charge in [-0.1, -0.05) is 76.6 Å². The fraction of sp³-hybridized carbons (Fsp3) is 0.0714. The molecule has 0 saturated carbocycles. The van der Waals surface area contributed by atoms with E-state index in [9.17, 15) is 10.1 Å². The summed E-state index contributed by atoms with van der Waals surface area (Å²) in [5.41, 5.74) is 3.35. The van der Waals surface area contributed by atoms with Crippen LogP contribution in [-0.2, 0) is 11.4 Å². The quantitative estimate of drug-likeness (QED) is 0.230. The largest absolute Gasteiger partial charge is 0.488 e. The molecule has 4 rings (SSSR count). The predicted molar refractivity (Wildman–Crippen MR) is 136 cm³/mol. The molecule has 0 heterocycles. The molecule has 0 radical (unpaired) electrons. The van der Waals surface area contributed by atoms with Crippen molar-refractivity contribution >= 4 is 44.4 Å². The highest BCUT2D eigenvalue weighted by atomic mass is 79.9. The van der Waals surface area contributed by atoms with E-state index in [4.69, 9.17) is 4.74 Å². The van der Waals surface area contributed by atoms with Crippen LogP contribution in [0.25, 0.3) is 16.8 Å². The summed E-state index contributed by atoms with van der Waals surface area (Å²) in [7, 11) is 0. The molecule has 0 aliphatic rings. The number of rotatable bonds is 6. The number of nitrogens with zero attached hydrogens (tertiary/aromatic N) is 1. The summed E-state index contributed by atoms with van der Waals surface area (Å²) in [5, 5.41) is 14.5. The van der Waals surface area contributed by atoms with Crippen molar-refractivity contribution in [2.24, 2.45) is 0 Å². The number of ether oxygens (including phenoxy) is 1. The molecular weight excluding hydrogens is 476 g/mol. The molecule has 4 aromatic rings. The van der Waals surface area contributed by atoms with E-state index in [-0.39, 0.29) is 5.57 Å². The second kappa shape index (κ2) is 10.2. The number of benzene rings is 4. The Labute approximate surface area is 201 Å². The minimum atomic E-state index is -0.465. The first-order valence-electron chi connectivity index (χ1n) is 10.4. The van der Waals surface area contributed by atoms with Crippen LogP contribution in [0.3, 0.4) is 0 Å². The highest BCUT2D eigenvalue weighted by Gasteiger charge is 2.14.